The predicted octanol–water partition coefficient (Wildman–Crippen LogP) is 5.26. The summed E-state index contributed by atoms with van der Waals surface area (Å²) in [4.78, 5) is 0. The summed E-state index contributed by atoms with van der Waals surface area (Å²) < 4.78 is 12.5. The minimum absolute atomic E-state index is 0.0939. The maximum Gasteiger partial charge on any atom is 0.0844 e. The maximum atomic E-state index is 8.87. The highest BCUT2D eigenvalue weighted by molar-refractivity contribution is 5.14. The van der Waals surface area contributed by atoms with Crippen LogP contribution in [0.2, 0.25) is 0 Å². The van der Waals surface area contributed by atoms with Crippen molar-refractivity contribution in [1.82, 2.24) is 0 Å². The van der Waals surface area contributed by atoms with Crippen LogP contribution in [-0.4, -0.2) is 12.2 Å². The highest BCUT2D eigenvalue weighted by Crippen LogP contribution is 2.32. The summed E-state index contributed by atoms with van der Waals surface area (Å²) in [5.41, 5.74) is 2.38. The molecule has 26 heavy (non-hydrogen) atoms. The third-order valence-corrected chi connectivity index (χ3v) is 5.12. The number of hydrogen-bond acceptors (Lipinski definition) is 3. The molecule has 2 aromatic rings. The van der Waals surface area contributed by atoms with E-state index in [1.807, 2.05) is 36.4 Å². The lowest BCUT2D eigenvalue weighted by molar-refractivity contribution is -0.114. The van der Waals surface area contributed by atoms with Crippen molar-refractivity contribution in [3.05, 3.63) is 71.8 Å². The van der Waals surface area contributed by atoms with Crippen molar-refractivity contribution in [2.75, 3.05) is 0 Å². The Balaban J connectivity index is 1.58. The van der Waals surface area contributed by atoms with Crippen LogP contribution in [0.5, 0.6) is 0 Å². The lowest BCUT2D eigenvalue weighted by Crippen LogP contribution is -2.38. The molecule has 3 heteroatoms. The van der Waals surface area contributed by atoms with Crippen molar-refractivity contribution >= 4 is 0 Å². The van der Waals surface area contributed by atoms with E-state index in [4.69, 9.17) is 14.7 Å². The predicted molar refractivity (Wildman–Crippen MR) is 102 cm³/mol. The number of nitriles is 1. The molecule has 1 aliphatic rings. The molecule has 0 unspecified atom stereocenters. The number of rotatable bonds is 8. The van der Waals surface area contributed by atoms with Gasteiger partial charge in [-0.2, -0.15) is 5.26 Å². The second-order valence-corrected chi connectivity index (χ2v) is 7.05. The molecule has 0 spiro atoms. The largest absolute Gasteiger partial charge is 0.371 e. The fraction of sp³-hybridized carbons (Fsp3) is 0.435. The summed E-state index contributed by atoms with van der Waals surface area (Å²) in [6, 6.07) is 22.9. The van der Waals surface area contributed by atoms with Gasteiger partial charge in [-0.1, -0.05) is 60.7 Å². The van der Waals surface area contributed by atoms with Crippen LogP contribution in [0, 0.1) is 17.2 Å². The number of ether oxygens (including phenoxy) is 2. The fourth-order valence-electron chi connectivity index (χ4n) is 3.64. The minimum Gasteiger partial charge on any atom is -0.371 e. The zero-order valence-electron chi connectivity index (χ0n) is 15.2. The molecule has 0 amide bonds. The quantitative estimate of drug-likeness (QED) is 0.653. The van der Waals surface area contributed by atoms with E-state index in [1.165, 1.54) is 11.1 Å². The Morgan fingerprint density at radius 3 is 1.96 bits per heavy atom. The van der Waals surface area contributed by atoms with Gasteiger partial charge in [0.25, 0.3) is 0 Å². The molecule has 0 N–H and O–H groups in total. The number of nitrogens with zero attached hydrogens (tertiary/aromatic N) is 1. The van der Waals surface area contributed by atoms with E-state index in [9.17, 15) is 0 Å². The van der Waals surface area contributed by atoms with Gasteiger partial charge >= 0.3 is 0 Å². The van der Waals surface area contributed by atoms with Crippen molar-refractivity contribution < 1.29 is 9.47 Å². The summed E-state index contributed by atoms with van der Waals surface area (Å²) in [6.45, 7) is 1.24. The SMILES string of the molecule is N#CCC[C@@H]1CC[C@@H](OCc2ccccc2)[C@H](OCc2ccccc2)C1. The van der Waals surface area contributed by atoms with E-state index in [0.717, 1.165) is 25.7 Å². The maximum absolute atomic E-state index is 8.87. The lowest BCUT2D eigenvalue weighted by atomic mass is 9.82. The molecule has 0 aromatic heterocycles. The first kappa shape index (κ1) is 18.6. The monoisotopic (exact) mass is 349 g/mol. The summed E-state index contributed by atoms with van der Waals surface area (Å²) in [6.07, 6.45) is 4.91. The molecule has 3 atom stereocenters. The van der Waals surface area contributed by atoms with Crippen LogP contribution in [0.1, 0.15) is 43.2 Å². The van der Waals surface area contributed by atoms with E-state index >= 15 is 0 Å². The minimum atomic E-state index is 0.0939. The first-order valence-electron chi connectivity index (χ1n) is 9.53. The normalized spacial score (nSPS) is 22.7. The Hall–Kier alpha value is -2.15. The second-order valence-electron chi connectivity index (χ2n) is 7.05. The van der Waals surface area contributed by atoms with E-state index in [0.29, 0.717) is 25.6 Å². The summed E-state index contributed by atoms with van der Waals surface area (Å²) in [5.74, 6) is 0.562. The Morgan fingerprint density at radius 2 is 1.38 bits per heavy atom. The molecule has 1 saturated carbocycles. The van der Waals surface area contributed by atoms with Crippen molar-refractivity contribution in [2.24, 2.45) is 5.92 Å². The van der Waals surface area contributed by atoms with Gasteiger partial charge in [0.05, 0.1) is 31.5 Å². The molecule has 1 fully saturated rings. The summed E-state index contributed by atoms with van der Waals surface area (Å²) in [7, 11) is 0. The number of benzene rings is 2. The van der Waals surface area contributed by atoms with Crippen LogP contribution in [0.15, 0.2) is 60.7 Å². The molecular formula is C23H27NO2. The average Bonchev–Trinajstić information content (AvgIpc) is 2.71. The van der Waals surface area contributed by atoms with Crippen LogP contribution in [0.3, 0.4) is 0 Å². The van der Waals surface area contributed by atoms with E-state index in [-0.39, 0.29) is 12.2 Å². The Morgan fingerprint density at radius 1 is 0.808 bits per heavy atom. The fourth-order valence-corrected chi connectivity index (χ4v) is 3.64. The van der Waals surface area contributed by atoms with E-state index < -0.39 is 0 Å². The summed E-state index contributed by atoms with van der Waals surface area (Å²) >= 11 is 0. The topological polar surface area (TPSA) is 42.2 Å². The van der Waals surface area contributed by atoms with Gasteiger partial charge in [0.1, 0.15) is 0 Å². The molecule has 0 radical (unpaired) electrons. The van der Waals surface area contributed by atoms with E-state index in [1.54, 1.807) is 0 Å². The first-order chi connectivity index (χ1) is 12.8. The molecule has 2 aromatic carbocycles. The van der Waals surface area contributed by atoms with Crippen molar-refractivity contribution in [1.29, 1.82) is 5.26 Å². The van der Waals surface area contributed by atoms with Gasteiger partial charge < -0.3 is 9.47 Å². The highest BCUT2D eigenvalue weighted by atomic mass is 16.5. The van der Waals surface area contributed by atoms with Gasteiger partial charge in [-0.05, 0) is 42.7 Å². The lowest BCUT2D eigenvalue weighted by Gasteiger charge is -2.36. The Bertz CT molecular complexity index is 680. The highest BCUT2D eigenvalue weighted by Gasteiger charge is 2.31. The molecule has 0 bridgehead atoms. The molecule has 1 aliphatic carbocycles. The molecule has 0 aliphatic heterocycles. The molecule has 3 rings (SSSR count). The van der Waals surface area contributed by atoms with Crippen LogP contribution in [0.25, 0.3) is 0 Å². The molecule has 0 saturated heterocycles. The smallest absolute Gasteiger partial charge is 0.0844 e. The Kier molecular flexibility index (Phi) is 7.25. The zero-order valence-corrected chi connectivity index (χ0v) is 15.2. The van der Waals surface area contributed by atoms with Crippen molar-refractivity contribution in [3.63, 3.8) is 0 Å². The van der Waals surface area contributed by atoms with Gasteiger partial charge in [0.15, 0.2) is 0 Å². The third-order valence-electron chi connectivity index (χ3n) is 5.12. The molecule has 136 valence electrons. The van der Waals surface area contributed by atoms with Crippen molar-refractivity contribution in [2.45, 2.75) is 57.5 Å². The third kappa shape index (κ3) is 5.69. The van der Waals surface area contributed by atoms with Gasteiger partial charge in [-0.3, -0.25) is 0 Å². The zero-order chi connectivity index (χ0) is 18.0. The second kappa shape index (κ2) is 10.1. The standard InChI is InChI=1S/C23H27NO2/c24-15-7-12-19-13-14-22(25-17-20-8-3-1-4-9-20)23(16-19)26-18-21-10-5-2-6-11-21/h1-6,8-11,19,22-23H,7,12-14,16-18H2/t19-,22-,23-/m1/s1. The molecular weight excluding hydrogens is 322 g/mol. The van der Waals surface area contributed by atoms with Crippen LogP contribution in [0.4, 0.5) is 0 Å². The van der Waals surface area contributed by atoms with Crippen LogP contribution in [-0.2, 0) is 22.7 Å². The molecule has 0 heterocycles. The van der Waals surface area contributed by atoms with E-state index in [2.05, 4.69) is 30.3 Å². The van der Waals surface area contributed by atoms with Crippen LogP contribution >= 0.6 is 0 Å². The van der Waals surface area contributed by atoms with Gasteiger partial charge in [0.2, 0.25) is 0 Å². The number of hydrogen-bond donors (Lipinski definition) is 0. The van der Waals surface area contributed by atoms with Crippen molar-refractivity contribution in [3.8, 4) is 6.07 Å². The first-order valence-corrected chi connectivity index (χ1v) is 9.53. The average molecular weight is 349 g/mol. The van der Waals surface area contributed by atoms with Crippen LogP contribution < -0.4 is 0 Å². The van der Waals surface area contributed by atoms with Gasteiger partial charge in [-0.15, -0.1) is 0 Å². The van der Waals surface area contributed by atoms with Gasteiger partial charge in [0, 0.05) is 6.42 Å². The van der Waals surface area contributed by atoms with Gasteiger partial charge in [-0.25, -0.2) is 0 Å². The molecule has 3 nitrogen and oxygen atoms in total. The summed E-state index contributed by atoms with van der Waals surface area (Å²) in [5, 5.41) is 8.87. The Labute approximate surface area is 156 Å².